The van der Waals surface area contributed by atoms with Gasteiger partial charge >= 0.3 is 0 Å². The summed E-state index contributed by atoms with van der Waals surface area (Å²) in [5.74, 6) is -0.148. The van der Waals surface area contributed by atoms with E-state index in [1.54, 1.807) is 10.9 Å². The van der Waals surface area contributed by atoms with E-state index in [1.807, 2.05) is 43.5 Å². The van der Waals surface area contributed by atoms with E-state index in [9.17, 15) is 4.79 Å². The number of hydrogen-bond acceptors (Lipinski definition) is 4. The second-order valence-electron chi connectivity index (χ2n) is 6.19. The number of aromatic amines is 1. The van der Waals surface area contributed by atoms with Crippen molar-refractivity contribution in [2.75, 3.05) is 6.54 Å². The molecule has 0 bridgehead atoms. The molecular formula is C18H20N6O. The number of rotatable bonds is 4. The molecule has 1 aliphatic heterocycles. The van der Waals surface area contributed by atoms with Crippen molar-refractivity contribution in [3.63, 3.8) is 0 Å². The van der Waals surface area contributed by atoms with E-state index >= 15 is 0 Å². The van der Waals surface area contributed by atoms with Crippen molar-refractivity contribution in [3.05, 3.63) is 65.2 Å². The highest BCUT2D eigenvalue weighted by molar-refractivity contribution is 5.94. The summed E-state index contributed by atoms with van der Waals surface area (Å²) in [4.78, 5) is 12.6. The van der Waals surface area contributed by atoms with Crippen molar-refractivity contribution >= 4 is 5.91 Å². The summed E-state index contributed by atoms with van der Waals surface area (Å²) in [5.41, 5.74) is 4.54. The largest absolute Gasteiger partial charge is 0.344 e. The molecular weight excluding hydrogens is 316 g/mol. The van der Waals surface area contributed by atoms with E-state index in [1.165, 1.54) is 0 Å². The summed E-state index contributed by atoms with van der Waals surface area (Å²) in [7, 11) is 0. The zero-order chi connectivity index (χ0) is 17.2. The Morgan fingerprint density at radius 3 is 2.92 bits per heavy atom. The summed E-state index contributed by atoms with van der Waals surface area (Å²) in [6.45, 7) is 3.56. The first-order valence-corrected chi connectivity index (χ1v) is 8.40. The molecule has 0 spiro atoms. The summed E-state index contributed by atoms with van der Waals surface area (Å²) >= 11 is 0. The van der Waals surface area contributed by atoms with E-state index in [2.05, 4.69) is 25.9 Å². The monoisotopic (exact) mass is 336 g/mol. The van der Waals surface area contributed by atoms with Crippen molar-refractivity contribution in [2.45, 2.75) is 25.9 Å². The molecule has 2 aromatic heterocycles. The fourth-order valence-electron chi connectivity index (χ4n) is 3.10. The summed E-state index contributed by atoms with van der Waals surface area (Å²) in [5, 5.41) is 17.7. The molecule has 1 aromatic carbocycles. The van der Waals surface area contributed by atoms with Gasteiger partial charge in [-0.05, 0) is 30.7 Å². The van der Waals surface area contributed by atoms with Crippen LogP contribution in [0.15, 0.2) is 42.7 Å². The summed E-state index contributed by atoms with van der Waals surface area (Å²) in [6.07, 6.45) is 4.52. The molecule has 3 N–H and O–H groups in total. The Balaban J connectivity index is 1.47. The van der Waals surface area contributed by atoms with Crippen LogP contribution in [0.1, 0.15) is 40.3 Å². The van der Waals surface area contributed by atoms with E-state index in [0.29, 0.717) is 12.2 Å². The summed E-state index contributed by atoms with van der Waals surface area (Å²) < 4.78 is 1.80. The molecule has 25 heavy (non-hydrogen) atoms. The topological polar surface area (TPSA) is 87.6 Å². The smallest absolute Gasteiger partial charge is 0.272 e. The number of H-pyrrole nitrogens is 1. The lowest BCUT2D eigenvalue weighted by molar-refractivity contribution is 0.0933. The van der Waals surface area contributed by atoms with Crippen LogP contribution in [0.5, 0.6) is 0 Å². The maximum atomic E-state index is 12.6. The Morgan fingerprint density at radius 1 is 1.32 bits per heavy atom. The molecule has 0 saturated heterocycles. The molecule has 0 fully saturated rings. The van der Waals surface area contributed by atoms with Crippen molar-refractivity contribution in [2.24, 2.45) is 0 Å². The van der Waals surface area contributed by atoms with E-state index in [4.69, 9.17) is 0 Å². The first-order valence-electron chi connectivity index (χ1n) is 8.40. The molecule has 7 heteroatoms. The van der Waals surface area contributed by atoms with Gasteiger partial charge in [0.2, 0.25) is 0 Å². The van der Waals surface area contributed by atoms with Crippen LogP contribution in [0.25, 0.3) is 5.69 Å². The van der Waals surface area contributed by atoms with Gasteiger partial charge in [-0.2, -0.15) is 10.2 Å². The molecule has 0 radical (unpaired) electrons. The van der Waals surface area contributed by atoms with Gasteiger partial charge in [0.15, 0.2) is 5.69 Å². The number of hydrogen-bond donors (Lipinski definition) is 3. The molecule has 3 heterocycles. The second kappa shape index (κ2) is 6.52. The quantitative estimate of drug-likeness (QED) is 0.677. The number of fused-ring (bicyclic) bond motifs is 1. The van der Waals surface area contributed by atoms with Gasteiger partial charge in [0, 0.05) is 43.2 Å². The molecule has 1 aliphatic rings. The Labute approximate surface area is 145 Å². The number of carbonyl (C=O) groups excluding carboxylic acids is 1. The van der Waals surface area contributed by atoms with Gasteiger partial charge in [0.05, 0.1) is 11.7 Å². The third-order valence-corrected chi connectivity index (χ3v) is 4.53. The molecule has 128 valence electrons. The van der Waals surface area contributed by atoms with Crippen molar-refractivity contribution in [1.82, 2.24) is 30.6 Å². The van der Waals surface area contributed by atoms with Gasteiger partial charge in [-0.25, -0.2) is 4.68 Å². The van der Waals surface area contributed by atoms with Crippen LogP contribution >= 0.6 is 0 Å². The van der Waals surface area contributed by atoms with Gasteiger partial charge < -0.3 is 10.6 Å². The van der Waals surface area contributed by atoms with Crippen LogP contribution in [-0.4, -0.2) is 32.4 Å². The predicted molar refractivity (Wildman–Crippen MR) is 93.4 cm³/mol. The molecule has 4 rings (SSSR count). The summed E-state index contributed by atoms with van der Waals surface area (Å²) in [6, 6.07) is 9.77. The first kappa shape index (κ1) is 15.6. The van der Waals surface area contributed by atoms with Crippen molar-refractivity contribution in [3.8, 4) is 5.69 Å². The lowest BCUT2D eigenvalue weighted by Gasteiger charge is -2.16. The second-order valence-corrected chi connectivity index (χ2v) is 6.19. The van der Waals surface area contributed by atoms with Crippen molar-refractivity contribution < 1.29 is 4.79 Å². The number of amides is 1. The fourth-order valence-corrected chi connectivity index (χ4v) is 3.10. The Kier molecular flexibility index (Phi) is 4.07. The number of carbonyl (C=O) groups is 1. The van der Waals surface area contributed by atoms with Crippen LogP contribution < -0.4 is 10.6 Å². The average molecular weight is 336 g/mol. The van der Waals surface area contributed by atoms with Crippen LogP contribution in [0, 0.1) is 0 Å². The van der Waals surface area contributed by atoms with E-state index in [-0.39, 0.29) is 11.9 Å². The Morgan fingerprint density at radius 2 is 2.16 bits per heavy atom. The minimum atomic E-state index is -0.148. The molecule has 0 saturated carbocycles. The Bertz CT molecular complexity index is 866. The Hall–Kier alpha value is -2.93. The minimum Gasteiger partial charge on any atom is -0.344 e. The predicted octanol–water partition coefficient (Wildman–Crippen LogP) is 1.73. The molecule has 1 unspecified atom stereocenters. The maximum absolute atomic E-state index is 12.6. The standard InChI is InChI=1S/C18H20N6O/c1-12(13-3-5-14(6-4-13)24-10-2-8-20-24)21-18(25)17-15-11-19-9-7-16(15)22-23-17/h2-6,8,10,12,19H,7,9,11H2,1H3,(H,21,25)(H,22,23). The van der Waals surface area contributed by atoms with Crippen LogP contribution in [-0.2, 0) is 13.0 Å². The van der Waals surface area contributed by atoms with Gasteiger partial charge in [-0.15, -0.1) is 0 Å². The average Bonchev–Trinajstić information content (AvgIpc) is 3.31. The third kappa shape index (κ3) is 3.06. The highest BCUT2D eigenvalue weighted by Crippen LogP contribution is 2.18. The number of nitrogens with one attached hydrogen (secondary N) is 3. The van der Waals surface area contributed by atoms with E-state index < -0.39 is 0 Å². The zero-order valence-corrected chi connectivity index (χ0v) is 14.0. The molecule has 0 aliphatic carbocycles. The minimum absolute atomic E-state index is 0.108. The lowest BCUT2D eigenvalue weighted by Crippen LogP contribution is -2.30. The number of benzene rings is 1. The molecule has 1 amide bonds. The van der Waals surface area contributed by atoms with E-state index in [0.717, 1.165) is 35.5 Å². The normalized spacial score (nSPS) is 14.8. The third-order valence-electron chi connectivity index (χ3n) is 4.53. The van der Waals surface area contributed by atoms with Gasteiger partial charge in [0.25, 0.3) is 5.91 Å². The van der Waals surface area contributed by atoms with Crippen LogP contribution in [0.3, 0.4) is 0 Å². The highest BCUT2D eigenvalue weighted by Gasteiger charge is 2.22. The fraction of sp³-hybridized carbons (Fsp3) is 0.278. The van der Waals surface area contributed by atoms with Gasteiger partial charge in [0.1, 0.15) is 0 Å². The van der Waals surface area contributed by atoms with Gasteiger partial charge in [-0.3, -0.25) is 9.89 Å². The molecule has 3 aromatic rings. The molecule has 7 nitrogen and oxygen atoms in total. The lowest BCUT2D eigenvalue weighted by atomic mass is 10.1. The number of nitrogens with zero attached hydrogens (tertiary/aromatic N) is 3. The van der Waals surface area contributed by atoms with Gasteiger partial charge in [-0.1, -0.05) is 12.1 Å². The molecule has 1 atom stereocenters. The highest BCUT2D eigenvalue weighted by atomic mass is 16.2. The van der Waals surface area contributed by atoms with Crippen LogP contribution in [0.4, 0.5) is 0 Å². The van der Waals surface area contributed by atoms with Crippen LogP contribution in [0.2, 0.25) is 0 Å². The number of aromatic nitrogens is 4. The maximum Gasteiger partial charge on any atom is 0.272 e. The SMILES string of the molecule is CC(NC(=O)c1n[nH]c2c1CNCC2)c1ccc(-n2cccn2)cc1. The first-order chi connectivity index (χ1) is 12.2. The zero-order valence-electron chi connectivity index (χ0n) is 14.0. The van der Waals surface area contributed by atoms with Crippen molar-refractivity contribution in [1.29, 1.82) is 0 Å².